The number of nitrogens with one attached hydrogen (secondary N) is 1. The Kier molecular flexibility index (Phi) is 10.2. The average molecular weight is 637 g/mol. The molecule has 8 heteroatoms. The zero-order chi connectivity index (χ0) is 32.9. The molecule has 1 amide bonds. The van der Waals surface area contributed by atoms with Crippen LogP contribution in [0.25, 0.3) is 11.1 Å². The number of amides is 1. The van der Waals surface area contributed by atoms with Crippen molar-refractivity contribution < 1.29 is 28.8 Å². The van der Waals surface area contributed by atoms with E-state index in [0.717, 1.165) is 70.9 Å². The quantitative estimate of drug-likeness (QED) is 0.210. The molecule has 4 aromatic carbocycles. The number of hydrogen-bond acceptors (Lipinski definition) is 7. The predicted molar refractivity (Wildman–Crippen MR) is 181 cm³/mol. The highest BCUT2D eigenvalue weighted by Crippen LogP contribution is 2.43. The second kappa shape index (κ2) is 14.7. The van der Waals surface area contributed by atoms with Crippen LogP contribution in [0.15, 0.2) is 84.9 Å². The van der Waals surface area contributed by atoms with Gasteiger partial charge in [-0.25, -0.2) is 0 Å². The van der Waals surface area contributed by atoms with E-state index in [1.807, 2.05) is 24.3 Å². The molecule has 0 saturated carbocycles. The fraction of sp³-hybridized carbons (Fsp3) is 0.359. The Morgan fingerprint density at radius 2 is 1.57 bits per heavy atom. The molecule has 1 saturated heterocycles. The number of nitrogens with zero attached hydrogens (tertiary/aromatic N) is 1. The normalized spacial score (nSPS) is 21.1. The Hall–Kier alpha value is -4.21. The van der Waals surface area contributed by atoms with E-state index < -0.39 is 6.29 Å². The highest BCUT2D eigenvalue weighted by molar-refractivity contribution is 5.73. The van der Waals surface area contributed by atoms with Crippen molar-refractivity contribution in [1.82, 2.24) is 10.2 Å². The van der Waals surface area contributed by atoms with Gasteiger partial charge in [0.25, 0.3) is 0 Å². The van der Waals surface area contributed by atoms with E-state index in [9.17, 15) is 9.90 Å². The van der Waals surface area contributed by atoms with Crippen LogP contribution in [0, 0.1) is 5.92 Å². The first-order valence-electron chi connectivity index (χ1n) is 16.3. The fourth-order valence-electron chi connectivity index (χ4n) is 6.60. The van der Waals surface area contributed by atoms with E-state index in [1.165, 1.54) is 18.1 Å². The van der Waals surface area contributed by atoms with Gasteiger partial charge >= 0.3 is 0 Å². The van der Waals surface area contributed by atoms with Crippen LogP contribution in [0.3, 0.4) is 0 Å². The maximum atomic E-state index is 11.4. The minimum Gasteiger partial charge on any atom is -0.493 e. The molecule has 2 aliphatic heterocycles. The number of hydrogen-bond donors (Lipinski definition) is 2. The molecule has 47 heavy (non-hydrogen) atoms. The van der Waals surface area contributed by atoms with Crippen LogP contribution in [0.5, 0.6) is 11.5 Å². The van der Waals surface area contributed by atoms with Gasteiger partial charge in [-0.2, -0.15) is 0 Å². The third kappa shape index (κ3) is 7.52. The lowest BCUT2D eigenvalue weighted by Crippen LogP contribution is -2.45. The van der Waals surface area contributed by atoms with E-state index in [2.05, 4.69) is 77.8 Å². The zero-order valence-electron chi connectivity index (χ0n) is 27.6. The smallest absolute Gasteiger partial charge is 0.217 e. The molecule has 246 valence electrons. The van der Waals surface area contributed by atoms with Gasteiger partial charge in [-0.3, -0.25) is 9.69 Å². The molecule has 0 bridgehead atoms. The summed E-state index contributed by atoms with van der Waals surface area (Å²) in [6, 6.07) is 28.8. The number of carbonyl (C=O) groups excluding carboxylic acids is 1. The van der Waals surface area contributed by atoms with Crippen molar-refractivity contribution in [3.63, 3.8) is 0 Å². The highest BCUT2D eigenvalue weighted by atomic mass is 16.7. The summed E-state index contributed by atoms with van der Waals surface area (Å²) in [6.07, 6.45) is 0.123. The molecule has 4 atom stereocenters. The van der Waals surface area contributed by atoms with Crippen molar-refractivity contribution in [3.05, 3.63) is 118 Å². The zero-order valence-corrected chi connectivity index (χ0v) is 27.6. The summed E-state index contributed by atoms with van der Waals surface area (Å²) in [7, 11) is 3.35. The molecule has 0 aliphatic carbocycles. The SMILES string of the molecule is COc1cc2c(cc1OC)CN(C[C@H]1O[C@@H](c3ccc(-c4cccc(CNC(C)=O)c4)cc3)O[C@@H](c3ccc(CO)cc3)[C@H]1C)CC2. The number of rotatable bonds is 10. The fourth-order valence-corrected chi connectivity index (χ4v) is 6.60. The number of methoxy groups -OCH3 is 2. The van der Waals surface area contributed by atoms with Gasteiger partial charge in [0.05, 0.1) is 33.0 Å². The van der Waals surface area contributed by atoms with Crippen LogP contribution in [0.2, 0.25) is 0 Å². The van der Waals surface area contributed by atoms with Crippen molar-refractivity contribution in [1.29, 1.82) is 0 Å². The first-order valence-corrected chi connectivity index (χ1v) is 16.3. The van der Waals surface area contributed by atoms with Gasteiger partial charge < -0.3 is 29.4 Å². The number of ether oxygens (including phenoxy) is 4. The molecule has 0 spiro atoms. The highest BCUT2D eigenvalue weighted by Gasteiger charge is 2.39. The number of carbonyl (C=O) groups is 1. The first-order chi connectivity index (χ1) is 22.8. The molecule has 4 aromatic rings. The number of aliphatic hydroxyl groups excluding tert-OH is 1. The first kappa shape index (κ1) is 32.7. The maximum absolute atomic E-state index is 11.4. The number of fused-ring (bicyclic) bond motifs is 1. The summed E-state index contributed by atoms with van der Waals surface area (Å²) in [5.41, 5.74) is 8.65. The summed E-state index contributed by atoms with van der Waals surface area (Å²) >= 11 is 0. The van der Waals surface area contributed by atoms with Gasteiger partial charge in [-0.05, 0) is 63.6 Å². The Morgan fingerprint density at radius 1 is 0.872 bits per heavy atom. The molecule has 6 rings (SSSR count). The maximum Gasteiger partial charge on any atom is 0.217 e. The van der Waals surface area contributed by atoms with Gasteiger partial charge in [0.2, 0.25) is 5.91 Å². The Bertz CT molecular complexity index is 1670. The molecule has 2 N–H and O–H groups in total. The Balaban J connectivity index is 1.23. The summed E-state index contributed by atoms with van der Waals surface area (Å²) in [5.74, 6) is 1.55. The van der Waals surface area contributed by atoms with E-state index >= 15 is 0 Å². The van der Waals surface area contributed by atoms with Crippen molar-refractivity contribution in [2.75, 3.05) is 27.3 Å². The predicted octanol–water partition coefficient (Wildman–Crippen LogP) is 6.35. The molecular formula is C39H44N2O6. The van der Waals surface area contributed by atoms with Crippen molar-refractivity contribution >= 4 is 5.91 Å². The lowest BCUT2D eigenvalue weighted by atomic mass is 9.89. The monoisotopic (exact) mass is 636 g/mol. The second-order valence-corrected chi connectivity index (χ2v) is 12.5. The van der Waals surface area contributed by atoms with Crippen LogP contribution in [-0.4, -0.2) is 49.3 Å². The largest absolute Gasteiger partial charge is 0.493 e. The van der Waals surface area contributed by atoms with Gasteiger partial charge in [0.15, 0.2) is 17.8 Å². The molecule has 0 radical (unpaired) electrons. The van der Waals surface area contributed by atoms with Crippen molar-refractivity contribution in [3.8, 4) is 22.6 Å². The third-order valence-electron chi connectivity index (χ3n) is 9.34. The van der Waals surface area contributed by atoms with Crippen LogP contribution in [-0.2, 0) is 40.4 Å². The standard InChI is InChI=1S/C39H44N2O6/c1-25-37(23-41-17-16-33-19-35(44-3)36(45-4)20-34(33)22-41)46-39(47-38(25)30-10-8-27(24-42)9-11-30)31-14-12-29(13-15-31)32-7-5-6-28(18-32)21-40-26(2)43/h5-15,18-20,25,37-39,42H,16-17,21-24H2,1-4H3,(H,40,43)/t25-,37+,38+,39+/m0/s1. The van der Waals surface area contributed by atoms with E-state index in [-0.39, 0.29) is 30.6 Å². The van der Waals surface area contributed by atoms with Crippen molar-refractivity contribution in [2.24, 2.45) is 5.92 Å². The topological polar surface area (TPSA) is 89.5 Å². The van der Waals surface area contributed by atoms with Crippen molar-refractivity contribution in [2.45, 2.75) is 58.5 Å². The number of benzene rings is 4. The summed E-state index contributed by atoms with van der Waals surface area (Å²) in [4.78, 5) is 13.9. The molecule has 0 unspecified atom stereocenters. The van der Waals surface area contributed by atoms with Crippen LogP contribution < -0.4 is 14.8 Å². The number of aliphatic hydroxyl groups is 1. The lowest BCUT2D eigenvalue weighted by Gasteiger charge is -2.43. The van der Waals surface area contributed by atoms with Gasteiger partial charge in [0, 0.05) is 44.6 Å². The minimum atomic E-state index is -0.541. The lowest BCUT2D eigenvalue weighted by molar-refractivity contribution is -0.276. The van der Waals surface area contributed by atoms with Crippen LogP contribution >= 0.6 is 0 Å². The molecule has 2 heterocycles. The summed E-state index contributed by atoms with van der Waals surface area (Å²) in [5, 5.41) is 12.5. The molecule has 1 fully saturated rings. The Labute approximate surface area is 277 Å². The Morgan fingerprint density at radius 3 is 2.26 bits per heavy atom. The molecular weight excluding hydrogens is 592 g/mol. The van der Waals surface area contributed by atoms with Gasteiger partial charge in [0.1, 0.15) is 0 Å². The molecule has 8 nitrogen and oxygen atoms in total. The summed E-state index contributed by atoms with van der Waals surface area (Å²) in [6.45, 7) is 6.72. The van der Waals surface area contributed by atoms with E-state index in [1.54, 1.807) is 14.2 Å². The van der Waals surface area contributed by atoms with Crippen LogP contribution in [0.1, 0.15) is 59.6 Å². The van der Waals surface area contributed by atoms with Crippen LogP contribution in [0.4, 0.5) is 0 Å². The van der Waals surface area contributed by atoms with Gasteiger partial charge in [-0.1, -0.05) is 73.7 Å². The molecule has 0 aromatic heterocycles. The second-order valence-electron chi connectivity index (χ2n) is 12.5. The van der Waals surface area contributed by atoms with Gasteiger partial charge in [-0.15, -0.1) is 0 Å². The molecule has 2 aliphatic rings. The average Bonchev–Trinajstić information content (AvgIpc) is 3.11. The minimum absolute atomic E-state index is 0.00527. The summed E-state index contributed by atoms with van der Waals surface area (Å²) < 4.78 is 24.6. The van der Waals surface area contributed by atoms with E-state index in [0.29, 0.717) is 6.54 Å². The third-order valence-corrected chi connectivity index (χ3v) is 9.34. The van der Waals surface area contributed by atoms with E-state index in [4.69, 9.17) is 18.9 Å².